The number of anilines is 1. The minimum absolute atomic E-state index is 0.0565. The minimum atomic E-state index is -4.68. The zero-order chi connectivity index (χ0) is 20.4. The van der Waals surface area contributed by atoms with Gasteiger partial charge in [0.15, 0.2) is 10.7 Å². The quantitative estimate of drug-likeness (QED) is 0.537. The maximum Gasteiger partial charge on any atom is 0.417 e. The van der Waals surface area contributed by atoms with Gasteiger partial charge in [0.05, 0.1) is 28.7 Å². The average molecular weight is 427 g/mol. The summed E-state index contributed by atoms with van der Waals surface area (Å²) in [6, 6.07) is 3.56. The van der Waals surface area contributed by atoms with E-state index in [1.165, 1.54) is 13.2 Å². The normalized spacial score (nSPS) is 11.9. The molecule has 0 radical (unpaired) electrons. The van der Waals surface area contributed by atoms with Crippen molar-refractivity contribution in [3.63, 3.8) is 0 Å². The van der Waals surface area contributed by atoms with Crippen LogP contribution in [-0.2, 0) is 16.2 Å². The van der Waals surface area contributed by atoms with Gasteiger partial charge in [-0.3, -0.25) is 15.5 Å². The smallest absolute Gasteiger partial charge is 0.417 e. The summed E-state index contributed by atoms with van der Waals surface area (Å²) in [5.41, 5.74) is 0.122. The number of benzene rings is 1. The molecule has 0 saturated carbocycles. The van der Waals surface area contributed by atoms with Gasteiger partial charge < -0.3 is 4.74 Å². The number of nitro benzene ring substituents is 1. The zero-order valence-corrected chi connectivity index (χ0v) is 14.8. The van der Waals surface area contributed by atoms with Gasteiger partial charge in [0.2, 0.25) is 0 Å². The zero-order valence-electron chi connectivity index (χ0n) is 13.2. The molecule has 27 heavy (non-hydrogen) atoms. The monoisotopic (exact) mass is 426 g/mol. The van der Waals surface area contributed by atoms with Crippen LogP contribution in [0.3, 0.4) is 0 Å². The van der Waals surface area contributed by atoms with Crippen molar-refractivity contribution in [3.05, 3.63) is 51.2 Å². The van der Waals surface area contributed by atoms with Crippen molar-refractivity contribution in [1.29, 1.82) is 0 Å². The number of sulfonamides is 1. The largest absolute Gasteiger partial charge is 0.497 e. The van der Waals surface area contributed by atoms with Crippen LogP contribution in [-0.4, -0.2) is 25.4 Å². The molecule has 0 aliphatic heterocycles. The Morgan fingerprint density at radius 2 is 1.96 bits per heavy atom. The number of alkyl halides is 3. The predicted molar refractivity (Wildman–Crippen MR) is 87.8 cm³/mol. The first-order valence-corrected chi connectivity index (χ1v) is 8.65. The number of pyridine rings is 1. The molecule has 14 heteroatoms. The molecule has 0 amide bonds. The van der Waals surface area contributed by atoms with Crippen LogP contribution in [0.25, 0.3) is 0 Å². The van der Waals surface area contributed by atoms with E-state index >= 15 is 0 Å². The summed E-state index contributed by atoms with van der Waals surface area (Å²) in [4.78, 5) is 14.6. The molecule has 1 heterocycles. The van der Waals surface area contributed by atoms with Gasteiger partial charge >= 0.3 is 6.18 Å². The first-order valence-electron chi connectivity index (χ1n) is 6.78. The predicted octanol–water partition coefficient (Wildman–Crippen LogP) is 2.98. The third-order valence-corrected chi connectivity index (χ3v) is 4.71. The lowest BCUT2D eigenvalue weighted by Crippen LogP contribution is -2.30. The van der Waals surface area contributed by atoms with E-state index in [9.17, 15) is 31.7 Å². The highest BCUT2D eigenvalue weighted by atomic mass is 35.5. The molecule has 9 nitrogen and oxygen atoms in total. The van der Waals surface area contributed by atoms with E-state index in [1.807, 2.05) is 5.43 Å². The minimum Gasteiger partial charge on any atom is -0.497 e. The number of aromatic nitrogens is 1. The Morgan fingerprint density at radius 1 is 1.30 bits per heavy atom. The number of hydrogen-bond acceptors (Lipinski definition) is 7. The van der Waals surface area contributed by atoms with E-state index in [1.54, 1.807) is 4.83 Å². The summed E-state index contributed by atoms with van der Waals surface area (Å²) in [7, 11) is -3.25. The molecule has 2 N–H and O–H groups in total. The molecular formula is C13H10ClF3N4O5S. The third kappa shape index (κ3) is 4.75. The summed E-state index contributed by atoms with van der Waals surface area (Å²) >= 11 is 5.65. The third-order valence-electron chi connectivity index (χ3n) is 3.12. The summed E-state index contributed by atoms with van der Waals surface area (Å²) in [5.74, 6) is -0.370. The van der Waals surface area contributed by atoms with Crippen LogP contribution in [0.1, 0.15) is 5.56 Å². The summed E-state index contributed by atoms with van der Waals surface area (Å²) in [5, 5.41) is 10.6. The second-order valence-corrected chi connectivity index (χ2v) is 6.93. The second kappa shape index (κ2) is 7.54. The van der Waals surface area contributed by atoms with Crippen molar-refractivity contribution in [2.24, 2.45) is 0 Å². The lowest BCUT2D eigenvalue weighted by molar-refractivity contribution is -0.387. The fraction of sp³-hybridized carbons (Fsp3) is 0.154. The fourth-order valence-electron chi connectivity index (χ4n) is 1.85. The highest BCUT2D eigenvalue weighted by Crippen LogP contribution is 2.32. The molecule has 0 fully saturated rings. The molecule has 146 valence electrons. The van der Waals surface area contributed by atoms with Crippen molar-refractivity contribution in [3.8, 4) is 5.75 Å². The molecular weight excluding hydrogens is 417 g/mol. The van der Waals surface area contributed by atoms with E-state index in [0.29, 0.717) is 12.3 Å². The molecule has 0 spiro atoms. The Morgan fingerprint density at radius 3 is 2.48 bits per heavy atom. The van der Waals surface area contributed by atoms with E-state index < -0.39 is 48.1 Å². The summed E-state index contributed by atoms with van der Waals surface area (Å²) in [6.07, 6.45) is -4.24. The lowest BCUT2D eigenvalue weighted by Gasteiger charge is -2.12. The van der Waals surface area contributed by atoms with E-state index in [0.717, 1.165) is 12.1 Å². The highest BCUT2D eigenvalue weighted by Gasteiger charge is 2.32. The Hall–Kier alpha value is -2.64. The van der Waals surface area contributed by atoms with Gasteiger partial charge in [0, 0.05) is 6.20 Å². The number of nitrogens with zero attached hydrogens (tertiary/aromatic N) is 2. The van der Waals surface area contributed by atoms with Crippen LogP contribution in [0.4, 0.5) is 24.7 Å². The van der Waals surface area contributed by atoms with Gasteiger partial charge in [0.1, 0.15) is 5.75 Å². The van der Waals surface area contributed by atoms with Gasteiger partial charge in [0.25, 0.3) is 15.7 Å². The number of hydrogen-bond donors (Lipinski definition) is 2. The molecule has 2 aromatic rings. The average Bonchev–Trinajstić information content (AvgIpc) is 2.59. The number of methoxy groups -OCH3 is 1. The van der Waals surface area contributed by atoms with Gasteiger partial charge in [-0.1, -0.05) is 11.6 Å². The number of rotatable bonds is 6. The number of nitrogens with one attached hydrogen (secondary N) is 2. The molecule has 2 rings (SSSR count). The van der Waals surface area contributed by atoms with Crippen LogP contribution in [0, 0.1) is 10.1 Å². The Labute approximate surface area is 155 Å². The van der Waals surface area contributed by atoms with Crippen molar-refractivity contribution in [1.82, 2.24) is 9.82 Å². The van der Waals surface area contributed by atoms with Gasteiger partial charge in [-0.25, -0.2) is 13.4 Å². The summed E-state index contributed by atoms with van der Waals surface area (Å²) < 4.78 is 67.1. The Bertz CT molecular complexity index is 984. The molecule has 0 aliphatic carbocycles. The molecule has 0 saturated heterocycles. The van der Waals surface area contributed by atoms with E-state index in [-0.39, 0.29) is 5.75 Å². The first-order chi connectivity index (χ1) is 12.5. The van der Waals surface area contributed by atoms with Crippen LogP contribution >= 0.6 is 11.6 Å². The van der Waals surface area contributed by atoms with Crippen molar-refractivity contribution in [2.45, 2.75) is 11.1 Å². The number of hydrazine groups is 1. The maximum absolute atomic E-state index is 12.6. The van der Waals surface area contributed by atoms with Crippen LogP contribution in [0.15, 0.2) is 35.4 Å². The number of nitro groups is 1. The highest BCUT2D eigenvalue weighted by molar-refractivity contribution is 7.89. The maximum atomic E-state index is 12.6. The molecule has 0 bridgehead atoms. The molecule has 1 aromatic heterocycles. The van der Waals surface area contributed by atoms with Crippen LogP contribution in [0.2, 0.25) is 5.02 Å². The van der Waals surface area contributed by atoms with E-state index in [4.69, 9.17) is 16.3 Å². The Balaban J connectivity index is 2.29. The van der Waals surface area contributed by atoms with Gasteiger partial charge in [-0.2, -0.15) is 13.2 Å². The second-order valence-electron chi connectivity index (χ2n) is 4.87. The van der Waals surface area contributed by atoms with E-state index in [2.05, 4.69) is 4.98 Å². The number of halogens is 4. The van der Waals surface area contributed by atoms with Gasteiger partial charge in [-0.15, -0.1) is 4.83 Å². The van der Waals surface area contributed by atoms with Crippen LogP contribution < -0.4 is 15.0 Å². The van der Waals surface area contributed by atoms with Crippen molar-refractivity contribution < 1.29 is 31.2 Å². The molecule has 1 aromatic carbocycles. The van der Waals surface area contributed by atoms with Crippen LogP contribution in [0.5, 0.6) is 5.75 Å². The fourth-order valence-corrected chi connectivity index (χ4v) is 3.06. The van der Waals surface area contributed by atoms with Crippen molar-refractivity contribution in [2.75, 3.05) is 12.5 Å². The standard InChI is InChI=1S/C13H10ClF3N4O5S/c1-26-8-2-3-11(10(5-8)21(22)23)27(24,25)20-19-12-9(14)4-7(6-18-12)13(15,16)17/h2-6,20H,1H3,(H,18,19). The first kappa shape index (κ1) is 20.7. The van der Waals surface area contributed by atoms with Gasteiger partial charge in [-0.05, 0) is 18.2 Å². The summed E-state index contributed by atoms with van der Waals surface area (Å²) in [6.45, 7) is 0. The SMILES string of the molecule is COc1ccc(S(=O)(=O)NNc2ncc(C(F)(F)F)cc2Cl)c([N+](=O)[O-])c1. The van der Waals surface area contributed by atoms with Crippen molar-refractivity contribution >= 4 is 33.1 Å². The lowest BCUT2D eigenvalue weighted by atomic mass is 10.3. The molecule has 0 unspecified atom stereocenters. The molecule has 0 atom stereocenters. The number of ether oxygens (including phenoxy) is 1. The topological polar surface area (TPSA) is 123 Å². The molecule has 0 aliphatic rings. The Kier molecular flexibility index (Phi) is 5.77.